The van der Waals surface area contributed by atoms with Crippen LogP contribution in [0.5, 0.6) is 28.7 Å². The van der Waals surface area contributed by atoms with Crippen molar-refractivity contribution in [2.24, 2.45) is 5.73 Å². The predicted molar refractivity (Wildman–Crippen MR) is 166 cm³/mol. The van der Waals surface area contributed by atoms with E-state index in [0.717, 1.165) is 22.3 Å². The molecular formula is C35H31ClN2O6. The van der Waals surface area contributed by atoms with Crippen molar-refractivity contribution >= 4 is 17.6 Å². The molecule has 0 fully saturated rings. The molecule has 8 nitrogen and oxygen atoms in total. The first kappa shape index (κ1) is 30.3. The zero-order valence-corrected chi connectivity index (χ0v) is 25.3. The van der Waals surface area contributed by atoms with Crippen LogP contribution in [0.2, 0.25) is 5.02 Å². The fraction of sp³-hybridized carbons (Fsp3) is 0.200. The number of carbonyl (C=O) groups excluding carboxylic acids is 1. The zero-order chi connectivity index (χ0) is 31.2. The molecule has 0 aliphatic carbocycles. The van der Waals surface area contributed by atoms with E-state index >= 15 is 0 Å². The highest BCUT2D eigenvalue weighted by molar-refractivity contribution is 6.30. The molecule has 1 heterocycles. The van der Waals surface area contributed by atoms with Gasteiger partial charge >= 0.3 is 5.97 Å². The molecule has 2 N–H and O–H groups in total. The van der Waals surface area contributed by atoms with E-state index in [1.807, 2.05) is 75.4 Å². The molecule has 4 aromatic carbocycles. The van der Waals surface area contributed by atoms with E-state index in [1.165, 1.54) is 0 Å². The maximum atomic E-state index is 12.6. The molecule has 224 valence electrons. The van der Waals surface area contributed by atoms with Gasteiger partial charge in [-0.15, -0.1) is 0 Å². The van der Waals surface area contributed by atoms with E-state index in [4.69, 9.17) is 41.0 Å². The van der Waals surface area contributed by atoms with E-state index in [1.54, 1.807) is 24.3 Å². The van der Waals surface area contributed by atoms with Crippen molar-refractivity contribution in [1.82, 2.24) is 0 Å². The lowest BCUT2D eigenvalue weighted by molar-refractivity contribution is -0.136. The SMILES string of the molecule is CCOc1cc(C2C(C#N)=C(N)Oc3cc(OC(=O)COc4cccc(C)c4C)ccc32)ccc1OCc1ccc(Cl)cc1. The summed E-state index contributed by atoms with van der Waals surface area (Å²) in [6.45, 7) is 6.26. The molecule has 0 saturated carbocycles. The molecule has 44 heavy (non-hydrogen) atoms. The van der Waals surface area contributed by atoms with Crippen LogP contribution in [0.25, 0.3) is 0 Å². The van der Waals surface area contributed by atoms with Crippen molar-refractivity contribution in [2.75, 3.05) is 13.2 Å². The summed E-state index contributed by atoms with van der Waals surface area (Å²) in [5, 5.41) is 10.7. The fourth-order valence-corrected chi connectivity index (χ4v) is 4.98. The number of fused-ring (bicyclic) bond motifs is 1. The highest BCUT2D eigenvalue weighted by Gasteiger charge is 2.32. The summed E-state index contributed by atoms with van der Waals surface area (Å²) in [7, 11) is 0. The Kier molecular flexibility index (Phi) is 9.27. The average Bonchev–Trinajstić information content (AvgIpc) is 3.01. The standard InChI is InChI=1S/C35H31ClN2O6/c1-4-40-32-16-24(10-15-30(32)41-19-23-8-11-25(36)12-9-23)34-27-14-13-26(17-31(27)44-35(38)28(34)18-37)43-33(39)20-42-29-7-5-6-21(2)22(29)3/h5-17,34H,4,19-20,38H2,1-3H3. The number of halogens is 1. The number of hydrogen-bond donors (Lipinski definition) is 1. The van der Waals surface area contributed by atoms with Gasteiger partial charge in [-0.25, -0.2) is 4.79 Å². The lowest BCUT2D eigenvalue weighted by Crippen LogP contribution is -2.22. The van der Waals surface area contributed by atoms with Gasteiger partial charge in [0.05, 0.1) is 12.5 Å². The van der Waals surface area contributed by atoms with Crippen LogP contribution in [0.1, 0.15) is 40.7 Å². The zero-order valence-electron chi connectivity index (χ0n) is 24.6. The Hall–Kier alpha value is -5.13. The summed E-state index contributed by atoms with van der Waals surface area (Å²) >= 11 is 6.00. The lowest BCUT2D eigenvalue weighted by atomic mass is 9.83. The summed E-state index contributed by atoms with van der Waals surface area (Å²) in [5.41, 5.74) is 10.9. The third-order valence-corrected chi connectivity index (χ3v) is 7.48. The number of nitrogens with two attached hydrogens (primary N) is 1. The number of nitrogens with zero attached hydrogens (tertiary/aromatic N) is 1. The van der Waals surface area contributed by atoms with Crippen molar-refractivity contribution < 1.29 is 28.5 Å². The van der Waals surface area contributed by atoms with Gasteiger partial charge in [-0.1, -0.05) is 48.0 Å². The molecule has 0 amide bonds. The first-order valence-electron chi connectivity index (χ1n) is 14.0. The maximum absolute atomic E-state index is 12.6. The molecule has 0 saturated heterocycles. The van der Waals surface area contributed by atoms with Crippen molar-refractivity contribution in [3.63, 3.8) is 0 Å². The third-order valence-electron chi connectivity index (χ3n) is 7.23. The highest BCUT2D eigenvalue weighted by Crippen LogP contribution is 2.45. The van der Waals surface area contributed by atoms with Gasteiger partial charge in [0.2, 0.25) is 5.88 Å². The van der Waals surface area contributed by atoms with Gasteiger partial charge in [0.25, 0.3) is 0 Å². The number of nitriles is 1. The fourth-order valence-electron chi connectivity index (χ4n) is 4.85. The highest BCUT2D eigenvalue weighted by atomic mass is 35.5. The number of carbonyl (C=O) groups is 1. The minimum absolute atomic E-state index is 0.0345. The van der Waals surface area contributed by atoms with E-state index in [2.05, 4.69) is 6.07 Å². The third kappa shape index (κ3) is 6.74. The second kappa shape index (κ2) is 13.4. The number of rotatable bonds is 10. The molecule has 4 aromatic rings. The Morgan fingerprint density at radius 2 is 1.75 bits per heavy atom. The number of ether oxygens (including phenoxy) is 5. The maximum Gasteiger partial charge on any atom is 0.349 e. The van der Waals surface area contributed by atoms with Crippen LogP contribution in [-0.2, 0) is 11.4 Å². The lowest BCUT2D eigenvalue weighted by Gasteiger charge is -2.27. The predicted octanol–water partition coefficient (Wildman–Crippen LogP) is 7.14. The van der Waals surface area contributed by atoms with Gasteiger partial charge in [-0.05, 0) is 79.4 Å². The summed E-state index contributed by atoms with van der Waals surface area (Å²) in [4.78, 5) is 12.6. The van der Waals surface area contributed by atoms with E-state index in [-0.39, 0.29) is 23.8 Å². The van der Waals surface area contributed by atoms with E-state index in [9.17, 15) is 10.1 Å². The van der Waals surface area contributed by atoms with Crippen molar-refractivity contribution in [3.8, 4) is 34.8 Å². The molecule has 0 bridgehead atoms. The first-order chi connectivity index (χ1) is 21.3. The van der Waals surface area contributed by atoms with Crippen LogP contribution in [0.4, 0.5) is 0 Å². The second-order valence-corrected chi connectivity index (χ2v) is 10.6. The van der Waals surface area contributed by atoms with Gasteiger partial charge in [-0.3, -0.25) is 0 Å². The van der Waals surface area contributed by atoms with Gasteiger partial charge < -0.3 is 29.4 Å². The van der Waals surface area contributed by atoms with Gasteiger partial charge in [-0.2, -0.15) is 5.26 Å². The number of esters is 1. The molecule has 0 spiro atoms. The quantitative estimate of drug-likeness (QED) is 0.149. The van der Waals surface area contributed by atoms with Crippen molar-refractivity contribution in [1.29, 1.82) is 5.26 Å². The summed E-state index contributed by atoms with van der Waals surface area (Å²) in [6.07, 6.45) is 0. The minimum atomic E-state index is -0.574. The van der Waals surface area contributed by atoms with Crippen LogP contribution >= 0.6 is 11.6 Å². The summed E-state index contributed by atoms with van der Waals surface area (Å²) < 4.78 is 29.0. The molecule has 9 heteroatoms. The Balaban J connectivity index is 1.37. The summed E-state index contributed by atoms with van der Waals surface area (Å²) in [5.74, 6) is 1.16. The van der Waals surface area contributed by atoms with E-state index < -0.39 is 11.9 Å². The minimum Gasteiger partial charge on any atom is -0.490 e. The average molecular weight is 611 g/mol. The van der Waals surface area contributed by atoms with Gasteiger partial charge in [0.15, 0.2) is 18.1 Å². The molecular weight excluding hydrogens is 580 g/mol. The monoisotopic (exact) mass is 610 g/mol. The van der Waals surface area contributed by atoms with Crippen molar-refractivity contribution in [2.45, 2.75) is 33.3 Å². The molecule has 1 atom stereocenters. The smallest absolute Gasteiger partial charge is 0.349 e. The molecule has 1 aliphatic rings. The number of hydrogen-bond acceptors (Lipinski definition) is 8. The number of aryl methyl sites for hydroxylation is 1. The molecule has 5 rings (SSSR count). The van der Waals surface area contributed by atoms with Gasteiger partial charge in [0, 0.05) is 16.7 Å². The Bertz CT molecular complexity index is 1760. The Labute approximate surface area is 261 Å². The molecule has 1 aliphatic heterocycles. The van der Waals surface area contributed by atoms with Crippen LogP contribution < -0.4 is 29.4 Å². The van der Waals surface area contributed by atoms with Crippen LogP contribution in [0.15, 0.2) is 90.3 Å². The summed E-state index contributed by atoms with van der Waals surface area (Å²) in [6, 6.07) is 25.7. The largest absolute Gasteiger partial charge is 0.490 e. The van der Waals surface area contributed by atoms with Crippen LogP contribution in [-0.4, -0.2) is 19.2 Å². The molecule has 1 unspecified atom stereocenters. The van der Waals surface area contributed by atoms with Crippen LogP contribution in [0, 0.1) is 25.2 Å². The normalized spacial score (nSPS) is 13.8. The number of benzene rings is 4. The Morgan fingerprint density at radius 1 is 0.955 bits per heavy atom. The van der Waals surface area contributed by atoms with Crippen molar-refractivity contribution in [3.05, 3.63) is 123 Å². The molecule has 0 radical (unpaired) electrons. The number of allylic oxidation sites excluding steroid dienone is 1. The Morgan fingerprint density at radius 3 is 2.50 bits per heavy atom. The first-order valence-corrected chi connectivity index (χ1v) is 14.4. The van der Waals surface area contributed by atoms with Crippen LogP contribution in [0.3, 0.4) is 0 Å². The van der Waals surface area contributed by atoms with E-state index in [0.29, 0.717) is 46.8 Å². The molecule has 0 aromatic heterocycles. The topological polar surface area (TPSA) is 113 Å². The van der Waals surface area contributed by atoms with Gasteiger partial charge in [0.1, 0.15) is 35.5 Å². The second-order valence-electron chi connectivity index (χ2n) is 10.1.